The molecule has 0 bridgehead atoms. The third-order valence-corrected chi connectivity index (χ3v) is 3.26. The monoisotopic (exact) mass is 168 g/mol. The van der Waals surface area contributed by atoms with Crippen molar-refractivity contribution in [1.29, 1.82) is 0 Å². The van der Waals surface area contributed by atoms with Gasteiger partial charge in [-0.25, -0.2) is 0 Å². The van der Waals surface area contributed by atoms with Gasteiger partial charge in [-0.05, 0) is 31.2 Å². The predicted octanol–water partition coefficient (Wildman–Crippen LogP) is 1.74. The molecule has 1 aliphatic carbocycles. The van der Waals surface area contributed by atoms with E-state index in [0.29, 0.717) is 0 Å². The molecule has 2 aliphatic rings. The molecule has 0 saturated heterocycles. The molecule has 1 unspecified atom stereocenters. The quantitative estimate of drug-likeness (QED) is 0.440. The third-order valence-electron chi connectivity index (χ3n) is 2.16. The summed E-state index contributed by atoms with van der Waals surface area (Å²) in [7, 11) is 0. The summed E-state index contributed by atoms with van der Waals surface area (Å²) in [6, 6.07) is 0. The third kappa shape index (κ3) is 1.43. The van der Waals surface area contributed by atoms with Gasteiger partial charge in [-0.15, -0.1) is 0 Å². The second-order valence-corrected chi connectivity index (χ2v) is 4.30. The maximum Gasteiger partial charge on any atom is 0.0923 e. The Morgan fingerprint density at radius 2 is 2.55 bits per heavy atom. The van der Waals surface area contributed by atoms with Gasteiger partial charge in [0.2, 0.25) is 0 Å². The number of nitrogens with one attached hydrogen (secondary N) is 1. The van der Waals surface area contributed by atoms with Crippen molar-refractivity contribution in [2.75, 3.05) is 6.54 Å². The van der Waals surface area contributed by atoms with Crippen molar-refractivity contribution in [3.05, 3.63) is 12.2 Å². The van der Waals surface area contributed by atoms with Crippen molar-refractivity contribution in [3.8, 4) is 0 Å². The molecule has 1 heterocycles. The summed E-state index contributed by atoms with van der Waals surface area (Å²) in [4.78, 5) is 4.25. The highest BCUT2D eigenvalue weighted by Crippen LogP contribution is 2.35. The summed E-state index contributed by atoms with van der Waals surface area (Å²) in [6.07, 6.45) is 10.2. The SMILES string of the molecule is C1=CC2(CCC1)CN=CNS2. The normalized spacial score (nSPS) is 35.6. The van der Waals surface area contributed by atoms with Crippen LogP contribution in [0.4, 0.5) is 0 Å². The number of rotatable bonds is 0. The lowest BCUT2D eigenvalue weighted by Gasteiger charge is -2.32. The van der Waals surface area contributed by atoms with Gasteiger partial charge in [-0.2, -0.15) is 0 Å². The molecule has 60 valence electrons. The smallest absolute Gasteiger partial charge is 0.0923 e. The van der Waals surface area contributed by atoms with Crippen LogP contribution >= 0.6 is 11.9 Å². The number of hydrogen-bond acceptors (Lipinski definition) is 3. The molecule has 0 amide bonds. The van der Waals surface area contributed by atoms with Crippen LogP contribution in [0.1, 0.15) is 19.3 Å². The molecule has 1 atom stereocenters. The highest BCUT2D eigenvalue weighted by atomic mass is 32.2. The molecule has 1 N–H and O–H groups in total. The Labute approximate surface area is 71.3 Å². The molecule has 0 saturated carbocycles. The van der Waals surface area contributed by atoms with E-state index in [-0.39, 0.29) is 4.75 Å². The van der Waals surface area contributed by atoms with E-state index in [1.807, 2.05) is 0 Å². The van der Waals surface area contributed by atoms with Crippen LogP contribution in [0.15, 0.2) is 17.1 Å². The molecule has 2 rings (SSSR count). The van der Waals surface area contributed by atoms with Crippen molar-refractivity contribution in [3.63, 3.8) is 0 Å². The molecular weight excluding hydrogens is 156 g/mol. The summed E-state index contributed by atoms with van der Waals surface area (Å²) in [5, 5.41) is 0. The zero-order valence-corrected chi connectivity index (χ0v) is 7.23. The molecule has 0 fully saturated rings. The van der Waals surface area contributed by atoms with Crippen LogP contribution in [0.3, 0.4) is 0 Å². The summed E-state index contributed by atoms with van der Waals surface area (Å²) in [6.45, 7) is 0.946. The van der Waals surface area contributed by atoms with E-state index in [1.54, 1.807) is 18.3 Å². The van der Waals surface area contributed by atoms with Crippen LogP contribution < -0.4 is 4.72 Å². The van der Waals surface area contributed by atoms with E-state index >= 15 is 0 Å². The second-order valence-electron chi connectivity index (χ2n) is 3.05. The zero-order valence-electron chi connectivity index (χ0n) is 6.42. The standard InChI is InChI=1S/C8H12N2S/c1-2-4-8(5-3-1)6-9-7-10-11-8/h2,4,7H,1,3,5-6H2,(H,9,10). The Balaban J connectivity index is 2.13. The molecule has 0 aromatic heterocycles. The van der Waals surface area contributed by atoms with Gasteiger partial charge < -0.3 is 4.72 Å². The summed E-state index contributed by atoms with van der Waals surface area (Å²) in [5.74, 6) is 0. The summed E-state index contributed by atoms with van der Waals surface area (Å²) < 4.78 is 3.40. The van der Waals surface area contributed by atoms with Gasteiger partial charge in [-0.3, -0.25) is 4.99 Å². The highest BCUT2D eigenvalue weighted by molar-refractivity contribution is 7.99. The molecule has 0 radical (unpaired) electrons. The molecule has 3 heteroatoms. The van der Waals surface area contributed by atoms with E-state index in [0.717, 1.165) is 6.54 Å². The van der Waals surface area contributed by atoms with Crippen molar-refractivity contribution in [2.24, 2.45) is 4.99 Å². The molecule has 1 spiro atoms. The number of aliphatic imine (C=N–C) groups is 1. The molecule has 0 aromatic rings. The topological polar surface area (TPSA) is 24.4 Å². The predicted molar refractivity (Wildman–Crippen MR) is 49.8 cm³/mol. The number of nitrogens with zero attached hydrogens (tertiary/aromatic N) is 1. The Bertz CT molecular complexity index is 200. The van der Waals surface area contributed by atoms with Gasteiger partial charge in [0.05, 0.1) is 17.6 Å². The minimum Gasteiger partial charge on any atom is -0.320 e. The average molecular weight is 168 g/mol. The maximum absolute atomic E-state index is 4.25. The second kappa shape index (κ2) is 2.89. The van der Waals surface area contributed by atoms with Gasteiger partial charge in [0, 0.05) is 0 Å². The van der Waals surface area contributed by atoms with E-state index < -0.39 is 0 Å². The summed E-state index contributed by atoms with van der Waals surface area (Å²) >= 11 is 1.80. The average Bonchev–Trinajstić information content (AvgIpc) is 2.07. The number of hydrogen-bond donors (Lipinski definition) is 1. The van der Waals surface area contributed by atoms with Crippen LogP contribution in [0, 0.1) is 0 Å². The van der Waals surface area contributed by atoms with Gasteiger partial charge in [-0.1, -0.05) is 12.2 Å². The first kappa shape index (κ1) is 7.22. The first-order valence-electron chi connectivity index (χ1n) is 4.01. The van der Waals surface area contributed by atoms with Gasteiger partial charge in [0.25, 0.3) is 0 Å². The van der Waals surface area contributed by atoms with Crippen molar-refractivity contribution >= 4 is 18.3 Å². The molecule has 0 aromatic carbocycles. The van der Waals surface area contributed by atoms with Gasteiger partial charge in [0.15, 0.2) is 0 Å². The molecule has 11 heavy (non-hydrogen) atoms. The lowest BCUT2D eigenvalue weighted by molar-refractivity contribution is 0.589. The van der Waals surface area contributed by atoms with Crippen LogP contribution in [0.25, 0.3) is 0 Å². The van der Waals surface area contributed by atoms with Gasteiger partial charge >= 0.3 is 0 Å². The fourth-order valence-electron chi connectivity index (χ4n) is 1.53. The molecule has 1 aliphatic heterocycles. The minimum atomic E-state index is 0.285. The fourth-order valence-corrected chi connectivity index (χ4v) is 2.44. The summed E-state index contributed by atoms with van der Waals surface area (Å²) in [5.41, 5.74) is 0. The molecule has 2 nitrogen and oxygen atoms in total. The van der Waals surface area contributed by atoms with Crippen LogP contribution in [-0.4, -0.2) is 17.6 Å². The zero-order chi connectivity index (χ0) is 7.57. The Hall–Kier alpha value is -0.440. The highest BCUT2D eigenvalue weighted by Gasteiger charge is 2.30. The minimum absolute atomic E-state index is 0.285. The van der Waals surface area contributed by atoms with E-state index in [2.05, 4.69) is 21.9 Å². The van der Waals surface area contributed by atoms with E-state index in [1.165, 1.54) is 19.3 Å². The first-order chi connectivity index (χ1) is 5.41. The largest absolute Gasteiger partial charge is 0.320 e. The van der Waals surface area contributed by atoms with E-state index in [9.17, 15) is 0 Å². The Morgan fingerprint density at radius 1 is 1.55 bits per heavy atom. The Morgan fingerprint density at radius 3 is 3.18 bits per heavy atom. The van der Waals surface area contributed by atoms with E-state index in [4.69, 9.17) is 0 Å². The fraction of sp³-hybridized carbons (Fsp3) is 0.625. The van der Waals surface area contributed by atoms with Gasteiger partial charge in [0.1, 0.15) is 0 Å². The van der Waals surface area contributed by atoms with Crippen LogP contribution in [0.5, 0.6) is 0 Å². The van der Waals surface area contributed by atoms with Crippen molar-refractivity contribution in [2.45, 2.75) is 24.0 Å². The Kier molecular flexibility index (Phi) is 1.90. The first-order valence-corrected chi connectivity index (χ1v) is 4.83. The maximum atomic E-state index is 4.25. The number of allylic oxidation sites excluding steroid dienone is 1. The van der Waals surface area contributed by atoms with Crippen LogP contribution in [-0.2, 0) is 0 Å². The lowest BCUT2D eigenvalue weighted by Crippen LogP contribution is -2.34. The van der Waals surface area contributed by atoms with Crippen LogP contribution in [0.2, 0.25) is 0 Å². The van der Waals surface area contributed by atoms with Crippen molar-refractivity contribution < 1.29 is 0 Å². The van der Waals surface area contributed by atoms with Crippen molar-refractivity contribution in [1.82, 2.24) is 4.72 Å². The molecular formula is C8H12N2S. The lowest BCUT2D eigenvalue weighted by atomic mass is 9.95.